The summed E-state index contributed by atoms with van der Waals surface area (Å²) in [5, 5.41) is 9.96. The smallest absolute Gasteiger partial charge is 0.253 e. The lowest BCUT2D eigenvalue weighted by Crippen LogP contribution is -2.49. The van der Waals surface area contributed by atoms with Crippen molar-refractivity contribution >= 4 is 23.2 Å². The van der Waals surface area contributed by atoms with Gasteiger partial charge in [-0.2, -0.15) is 5.10 Å². The van der Waals surface area contributed by atoms with Crippen LogP contribution in [0.5, 0.6) is 0 Å². The number of hydrogen-bond acceptors (Lipinski definition) is 4. The normalized spacial score (nSPS) is 14.5. The number of carbonyl (C=O) groups is 2. The Balaban J connectivity index is 1.62. The lowest BCUT2D eigenvalue weighted by molar-refractivity contribution is -0.114. The number of benzene rings is 1. The Bertz CT molecular complexity index is 754. The number of carbonyl (C=O) groups excluding carboxylic acids is 2. The van der Waals surface area contributed by atoms with Crippen molar-refractivity contribution in [2.45, 2.75) is 20.8 Å². The second kappa shape index (κ2) is 6.96. The second-order valence-corrected chi connectivity index (χ2v) is 6.32. The molecule has 1 aliphatic rings. The van der Waals surface area contributed by atoms with Crippen molar-refractivity contribution < 1.29 is 9.59 Å². The van der Waals surface area contributed by atoms with Crippen molar-refractivity contribution in [3.8, 4) is 0 Å². The molecule has 7 nitrogen and oxygen atoms in total. The van der Waals surface area contributed by atoms with Gasteiger partial charge in [-0.1, -0.05) is 0 Å². The fourth-order valence-corrected chi connectivity index (χ4v) is 3.23. The van der Waals surface area contributed by atoms with Gasteiger partial charge in [0.2, 0.25) is 5.91 Å². The molecule has 1 aliphatic heterocycles. The van der Waals surface area contributed by atoms with Gasteiger partial charge in [-0.3, -0.25) is 14.7 Å². The molecular formula is C18H23N5O2. The number of nitrogens with zero attached hydrogens (tertiary/aromatic N) is 3. The standard InChI is InChI=1S/C18H23N5O2/c1-12-17(13(2)21-20-12)22-8-10-23(11-9-22)18(25)15-4-6-16(7-5-15)19-14(3)24/h4-7H,8-11H2,1-3H3,(H,19,24)(H,20,21). The zero-order valence-electron chi connectivity index (χ0n) is 14.8. The average Bonchev–Trinajstić information content (AvgIpc) is 2.93. The van der Waals surface area contributed by atoms with Gasteiger partial charge in [-0.25, -0.2) is 0 Å². The molecule has 0 spiro atoms. The predicted molar refractivity (Wildman–Crippen MR) is 96.9 cm³/mol. The minimum absolute atomic E-state index is 0.0228. The molecule has 0 atom stereocenters. The summed E-state index contributed by atoms with van der Waals surface area (Å²) in [6.45, 7) is 8.40. The van der Waals surface area contributed by atoms with Crippen molar-refractivity contribution in [3.63, 3.8) is 0 Å². The van der Waals surface area contributed by atoms with Crippen molar-refractivity contribution in [2.75, 3.05) is 36.4 Å². The van der Waals surface area contributed by atoms with Crippen LogP contribution < -0.4 is 10.2 Å². The molecule has 1 saturated heterocycles. The van der Waals surface area contributed by atoms with Crippen LogP contribution in [0.3, 0.4) is 0 Å². The molecule has 2 aromatic rings. The van der Waals surface area contributed by atoms with E-state index in [1.807, 2.05) is 18.7 Å². The highest BCUT2D eigenvalue weighted by atomic mass is 16.2. The van der Waals surface area contributed by atoms with Crippen LogP contribution in [0, 0.1) is 13.8 Å². The molecule has 1 aromatic carbocycles. The number of nitrogens with one attached hydrogen (secondary N) is 2. The summed E-state index contributed by atoms with van der Waals surface area (Å²) in [7, 11) is 0. The predicted octanol–water partition coefficient (Wildman–Crippen LogP) is 1.95. The first-order valence-electron chi connectivity index (χ1n) is 8.39. The molecule has 0 radical (unpaired) electrons. The third-order valence-corrected chi connectivity index (χ3v) is 4.42. The summed E-state index contributed by atoms with van der Waals surface area (Å²) >= 11 is 0. The van der Waals surface area contributed by atoms with Crippen LogP contribution in [0.2, 0.25) is 0 Å². The quantitative estimate of drug-likeness (QED) is 0.894. The third-order valence-electron chi connectivity index (χ3n) is 4.42. The Morgan fingerprint density at radius 1 is 1.08 bits per heavy atom. The number of rotatable bonds is 3. The van der Waals surface area contributed by atoms with E-state index in [0.29, 0.717) is 24.3 Å². The molecule has 3 rings (SSSR count). The molecule has 132 valence electrons. The Kier molecular flexibility index (Phi) is 4.74. The molecule has 1 fully saturated rings. The minimum Gasteiger partial charge on any atom is -0.365 e. The minimum atomic E-state index is -0.125. The number of aromatic nitrogens is 2. The van der Waals surface area contributed by atoms with E-state index >= 15 is 0 Å². The lowest BCUT2D eigenvalue weighted by atomic mass is 10.1. The SMILES string of the molecule is CC(=O)Nc1ccc(C(=O)N2CCN(c3c(C)n[nH]c3C)CC2)cc1. The van der Waals surface area contributed by atoms with E-state index in [9.17, 15) is 9.59 Å². The number of aromatic amines is 1. The number of anilines is 2. The van der Waals surface area contributed by atoms with Gasteiger partial charge in [0, 0.05) is 44.4 Å². The molecule has 0 unspecified atom stereocenters. The fourth-order valence-electron chi connectivity index (χ4n) is 3.23. The van der Waals surface area contributed by atoms with Crippen LogP contribution in [-0.2, 0) is 4.79 Å². The summed E-state index contributed by atoms with van der Waals surface area (Å²) in [5.74, 6) is -0.102. The molecule has 0 bridgehead atoms. The molecule has 2 heterocycles. The first-order valence-corrected chi connectivity index (χ1v) is 8.39. The van der Waals surface area contributed by atoms with Crippen LogP contribution in [0.1, 0.15) is 28.7 Å². The third kappa shape index (κ3) is 3.65. The highest BCUT2D eigenvalue weighted by Gasteiger charge is 2.24. The number of hydrogen-bond donors (Lipinski definition) is 2. The largest absolute Gasteiger partial charge is 0.365 e. The maximum atomic E-state index is 12.7. The van der Waals surface area contributed by atoms with E-state index in [-0.39, 0.29) is 11.8 Å². The van der Waals surface area contributed by atoms with Crippen molar-refractivity contribution in [3.05, 3.63) is 41.2 Å². The van der Waals surface area contributed by atoms with E-state index in [2.05, 4.69) is 20.4 Å². The summed E-state index contributed by atoms with van der Waals surface area (Å²) < 4.78 is 0. The molecular weight excluding hydrogens is 318 g/mol. The summed E-state index contributed by atoms with van der Waals surface area (Å²) in [6, 6.07) is 7.01. The molecule has 25 heavy (non-hydrogen) atoms. The first-order chi connectivity index (χ1) is 12.0. The maximum Gasteiger partial charge on any atom is 0.253 e. The van der Waals surface area contributed by atoms with Crippen LogP contribution in [0.4, 0.5) is 11.4 Å². The summed E-state index contributed by atoms with van der Waals surface area (Å²) in [6.07, 6.45) is 0. The van der Waals surface area contributed by atoms with E-state index in [1.54, 1.807) is 24.3 Å². The Hall–Kier alpha value is -2.83. The monoisotopic (exact) mass is 341 g/mol. The van der Waals surface area contributed by atoms with Crippen LogP contribution in [0.25, 0.3) is 0 Å². The molecule has 0 aliphatic carbocycles. The molecule has 2 N–H and O–H groups in total. The van der Waals surface area contributed by atoms with Gasteiger partial charge >= 0.3 is 0 Å². The van der Waals surface area contributed by atoms with Gasteiger partial charge in [0.15, 0.2) is 0 Å². The van der Waals surface area contributed by atoms with Gasteiger partial charge in [0.05, 0.1) is 17.1 Å². The Morgan fingerprint density at radius 2 is 1.72 bits per heavy atom. The molecule has 2 amide bonds. The zero-order chi connectivity index (χ0) is 18.0. The second-order valence-electron chi connectivity index (χ2n) is 6.32. The number of amides is 2. The van der Waals surface area contributed by atoms with Crippen LogP contribution >= 0.6 is 0 Å². The van der Waals surface area contributed by atoms with E-state index in [4.69, 9.17) is 0 Å². The molecule has 1 aromatic heterocycles. The van der Waals surface area contributed by atoms with Crippen molar-refractivity contribution in [1.29, 1.82) is 0 Å². The Morgan fingerprint density at radius 3 is 2.24 bits per heavy atom. The van der Waals surface area contributed by atoms with Gasteiger partial charge in [-0.05, 0) is 38.1 Å². The van der Waals surface area contributed by atoms with Gasteiger partial charge < -0.3 is 15.1 Å². The van der Waals surface area contributed by atoms with Gasteiger partial charge in [-0.15, -0.1) is 0 Å². The van der Waals surface area contributed by atoms with Crippen LogP contribution in [0.15, 0.2) is 24.3 Å². The van der Waals surface area contributed by atoms with E-state index in [1.165, 1.54) is 6.92 Å². The highest BCUT2D eigenvalue weighted by Crippen LogP contribution is 2.23. The summed E-state index contributed by atoms with van der Waals surface area (Å²) in [4.78, 5) is 27.9. The topological polar surface area (TPSA) is 81.3 Å². The number of H-pyrrole nitrogens is 1. The highest BCUT2D eigenvalue weighted by molar-refractivity contribution is 5.95. The van der Waals surface area contributed by atoms with Gasteiger partial charge in [0.25, 0.3) is 5.91 Å². The maximum absolute atomic E-state index is 12.7. The van der Waals surface area contributed by atoms with Crippen molar-refractivity contribution in [2.24, 2.45) is 0 Å². The average molecular weight is 341 g/mol. The Labute approximate surface area is 147 Å². The molecule has 7 heteroatoms. The molecule has 0 saturated carbocycles. The first kappa shape index (κ1) is 17.0. The fraction of sp³-hybridized carbons (Fsp3) is 0.389. The van der Waals surface area contributed by atoms with Crippen molar-refractivity contribution in [1.82, 2.24) is 15.1 Å². The van der Waals surface area contributed by atoms with Crippen LogP contribution in [-0.4, -0.2) is 53.1 Å². The van der Waals surface area contributed by atoms with E-state index < -0.39 is 0 Å². The van der Waals surface area contributed by atoms with E-state index in [0.717, 1.165) is 30.2 Å². The number of piperazine rings is 1. The lowest BCUT2D eigenvalue weighted by Gasteiger charge is -2.36. The summed E-state index contributed by atoms with van der Waals surface area (Å²) in [5.41, 5.74) is 4.53. The van der Waals surface area contributed by atoms with Gasteiger partial charge in [0.1, 0.15) is 0 Å². The number of aryl methyl sites for hydroxylation is 2. The zero-order valence-corrected chi connectivity index (χ0v) is 14.8.